The topological polar surface area (TPSA) is 72.4 Å². The summed E-state index contributed by atoms with van der Waals surface area (Å²) in [5, 5.41) is 12.8. The maximum Gasteiger partial charge on any atom is 0.247 e. The highest BCUT2D eigenvalue weighted by Crippen LogP contribution is 2.41. The number of hydrogen-bond acceptors (Lipinski definition) is 8. The third-order valence-electron chi connectivity index (χ3n) is 5.24. The molecule has 7 nitrogen and oxygen atoms in total. The number of methoxy groups -OCH3 is 1. The molecule has 1 atom stereocenters. The lowest BCUT2D eigenvalue weighted by Crippen LogP contribution is -2.22. The van der Waals surface area contributed by atoms with Gasteiger partial charge < -0.3 is 19.7 Å². The zero-order valence-electron chi connectivity index (χ0n) is 18.3. The van der Waals surface area contributed by atoms with Gasteiger partial charge in [0.05, 0.1) is 12.7 Å². The highest BCUT2D eigenvalue weighted by Gasteiger charge is 2.28. The van der Waals surface area contributed by atoms with Crippen molar-refractivity contribution < 1.29 is 9.47 Å². The summed E-state index contributed by atoms with van der Waals surface area (Å²) in [6, 6.07) is 14.2. The normalized spacial score (nSPS) is 14.5. The first kappa shape index (κ1) is 21.2. The molecule has 8 heteroatoms. The van der Waals surface area contributed by atoms with Crippen molar-refractivity contribution in [2.75, 3.05) is 36.2 Å². The molecule has 3 aromatic rings. The number of benzene rings is 2. The van der Waals surface area contributed by atoms with Crippen molar-refractivity contribution >= 4 is 23.1 Å². The first-order valence-corrected chi connectivity index (χ1v) is 11.5. The van der Waals surface area contributed by atoms with Gasteiger partial charge in [-0.1, -0.05) is 36.9 Å². The van der Waals surface area contributed by atoms with Gasteiger partial charge in [0.15, 0.2) is 5.69 Å². The van der Waals surface area contributed by atoms with Gasteiger partial charge in [-0.15, -0.1) is 10.2 Å². The standard InChI is InChI=1S/C23H27N5O2S/c1-5-28(6-2)15-12-13-17(19(14-15)29-4)21-24-18-11-9-8-10-16(18)20-22(30-21)25-23(27-26-20)31-7-3/h8-14,21,24H,5-7H2,1-4H3/t21-/m0/s1. The smallest absolute Gasteiger partial charge is 0.247 e. The maximum atomic E-state index is 6.38. The van der Waals surface area contributed by atoms with Crippen molar-refractivity contribution in [3.63, 3.8) is 0 Å². The van der Waals surface area contributed by atoms with Crippen molar-refractivity contribution in [1.82, 2.24) is 15.2 Å². The van der Waals surface area contributed by atoms with Crippen molar-refractivity contribution in [1.29, 1.82) is 0 Å². The molecule has 2 aromatic carbocycles. The van der Waals surface area contributed by atoms with Crippen molar-refractivity contribution in [2.24, 2.45) is 0 Å². The molecule has 0 fully saturated rings. The molecule has 0 saturated heterocycles. The van der Waals surface area contributed by atoms with E-state index in [9.17, 15) is 0 Å². The summed E-state index contributed by atoms with van der Waals surface area (Å²) in [6.45, 7) is 8.21. The summed E-state index contributed by atoms with van der Waals surface area (Å²) in [6.07, 6.45) is -0.487. The van der Waals surface area contributed by atoms with E-state index < -0.39 is 6.23 Å². The van der Waals surface area contributed by atoms with E-state index in [1.165, 1.54) is 11.8 Å². The minimum Gasteiger partial charge on any atom is -0.496 e. The van der Waals surface area contributed by atoms with Gasteiger partial charge in [0, 0.05) is 36.1 Å². The summed E-state index contributed by atoms with van der Waals surface area (Å²) < 4.78 is 12.1. The molecule has 0 bridgehead atoms. The summed E-state index contributed by atoms with van der Waals surface area (Å²) in [5.41, 5.74) is 4.46. The van der Waals surface area contributed by atoms with E-state index in [0.29, 0.717) is 16.7 Å². The van der Waals surface area contributed by atoms with Gasteiger partial charge in [-0.05, 0) is 37.8 Å². The van der Waals surface area contributed by atoms with Gasteiger partial charge in [0.1, 0.15) is 5.75 Å². The molecule has 0 spiro atoms. The summed E-state index contributed by atoms with van der Waals surface area (Å²) in [5.74, 6) is 2.08. The van der Waals surface area contributed by atoms with Gasteiger partial charge in [0.25, 0.3) is 0 Å². The van der Waals surface area contributed by atoms with Crippen molar-refractivity contribution in [2.45, 2.75) is 32.2 Å². The van der Waals surface area contributed by atoms with Crippen LogP contribution in [0.1, 0.15) is 32.6 Å². The average Bonchev–Trinajstić information content (AvgIpc) is 2.96. The molecule has 0 unspecified atom stereocenters. The zero-order chi connectivity index (χ0) is 21.8. The number of para-hydroxylation sites is 1. The van der Waals surface area contributed by atoms with Gasteiger partial charge in [0.2, 0.25) is 17.3 Å². The number of ether oxygens (including phenoxy) is 2. The molecule has 1 aliphatic rings. The van der Waals surface area contributed by atoms with Crippen LogP contribution in [0.25, 0.3) is 11.3 Å². The molecule has 0 radical (unpaired) electrons. The van der Waals surface area contributed by atoms with Crippen LogP contribution in [0.2, 0.25) is 0 Å². The van der Waals surface area contributed by atoms with Crippen molar-refractivity contribution in [3.05, 3.63) is 48.0 Å². The number of nitrogens with one attached hydrogen (secondary N) is 1. The molecule has 1 N–H and O–H groups in total. The molecule has 1 aromatic heterocycles. The Balaban J connectivity index is 1.79. The highest BCUT2D eigenvalue weighted by atomic mass is 32.2. The summed E-state index contributed by atoms with van der Waals surface area (Å²) >= 11 is 1.54. The molecule has 162 valence electrons. The van der Waals surface area contributed by atoms with Gasteiger partial charge in [-0.25, -0.2) is 0 Å². The lowest BCUT2D eigenvalue weighted by atomic mass is 10.1. The third-order valence-corrected chi connectivity index (χ3v) is 5.95. The Bertz CT molecular complexity index is 1060. The quantitative estimate of drug-likeness (QED) is 0.517. The first-order valence-electron chi connectivity index (χ1n) is 10.5. The van der Waals surface area contributed by atoms with Crippen LogP contribution in [-0.2, 0) is 0 Å². The average molecular weight is 438 g/mol. The van der Waals surface area contributed by atoms with E-state index in [1.807, 2.05) is 30.3 Å². The van der Waals surface area contributed by atoms with E-state index in [2.05, 4.69) is 58.3 Å². The Morgan fingerprint density at radius 2 is 1.90 bits per heavy atom. The van der Waals surface area contributed by atoms with Crippen molar-refractivity contribution in [3.8, 4) is 22.9 Å². The minimum atomic E-state index is -0.487. The summed E-state index contributed by atoms with van der Waals surface area (Å²) in [4.78, 5) is 6.92. The largest absolute Gasteiger partial charge is 0.496 e. The van der Waals surface area contributed by atoms with Crippen LogP contribution in [0.4, 0.5) is 11.4 Å². The van der Waals surface area contributed by atoms with Crippen LogP contribution in [0.15, 0.2) is 47.6 Å². The Hall–Kier alpha value is -3.00. The number of anilines is 2. The van der Waals surface area contributed by atoms with E-state index in [4.69, 9.17) is 9.47 Å². The molecule has 0 aliphatic carbocycles. The number of rotatable bonds is 7. The number of hydrogen-bond donors (Lipinski definition) is 1. The Morgan fingerprint density at radius 1 is 1.10 bits per heavy atom. The van der Waals surface area contributed by atoms with E-state index in [-0.39, 0.29) is 0 Å². The fourth-order valence-electron chi connectivity index (χ4n) is 3.68. The van der Waals surface area contributed by atoms with Crippen LogP contribution >= 0.6 is 11.8 Å². The fourth-order valence-corrected chi connectivity index (χ4v) is 4.18. The Morgan fingerprint density at radius 3 is 2.65 bits per heavy atom. The third kappa shape index (κ3) is 4.25. The predicted octanol–water partition coefficient (Wildman–Crippen LogP) is 5.01. The fraction of sp³-hybridized carbons (Fsp3) is 0.348. The van der Waals surface area contributed by atoms with Gasteiger partial charge >= 0.3 is 0 Å². The van der Waals surface area contributed by atoms with Gasteiger partial charge in [-0.3, -0.25) is 0 Å². The molecule has 0 saturated carbocycles. The lowest BCUT2D eigenvalue weighted by molar-refractivity contribution is 0.220. The van der Waals surface area contributed by atoms with E-state index >= 15 is 0 Å². The number of nitrogens with zero attached hydrogens (tertiary/aromatic N) is 4. The second-order valence-corrected chi connectivity index (χ2v) is 8.20. The van der Waals surface area contributed by atoms with Crippen LogP contribution < -0.4 is 19.7 Å². The van der Waals surface area contributed by atoms with Gasteiger partial charge in [-0.2, -0.15) is 4.98 Å². The number of fused-ring (bicyclic) bond motifs is 3. The molecule has 0 amide bonds. The summed E-state index contributed by atoms with van der Waals surface area (Å²) in [7, 11) is 1.68. The van der Waals surface area contributed by atoms with E-state index in [1.54, 1.807) is 7.11 Å². The predicted molar refractivity (Wildman–Crippen MR) is 125 cm³/mol. The SMILES string of the molecule is CCSc1nnc2c(n1)O[C@@H](c1ccc(N(CC)CC)cc1OC)Nc1ccccc1-2. The molecular formula is C23H27N5O2S. The number of thioether (sulfide) groups is 1. The van der Waals surface area contributed by atoms with Crippen LogP contribution in [0, 0.1) is 0 Å². The Kier molecular flexibility index (Phi) is 6.46. The minimum absolute atomic E-state index is 0.461. The van der Waals surface area contributed by atoms with Crippen LogP contribution in [0.3, 0.4) is 0 Å². The van der Waals surface area contributed by atoms with E-state index in [0.717, 1.165) is 47.1 Å². The second kappa shape index (κ2) is 9.43. The van der Waals surface area contributed by atoms with Crippen LogP contribution in [0.5, 0.6) is 11.6 Å². The molecular weight excluding hydrogens is 410 g/mol. The monoisotopic (exact) mass is 437 g/mol. The maximum absolute atomic E-state index is 6.38. The molecule has 2 heterocycles. The molecule has 31 heavy (non-hydrogen) atoms. The highest BCUT2D eigenvalue weighted by molar-refractivity contribution is 7.99. The molecule has 1 aliphatic heterocycles. The molecule has 4 rings (SSSR count). The van der Waals surface area contributed by atoms with Crippen LogP contribution in [-0.4, -0.2) is 41.1 Å². The second-order valence-electron chi connectivity index (χ2n) is 6.97. The zero-order valence-corrected chi connectivity index (χ0v) is 19.1. The lowest BCUT2D eigenvalue weighted by Gasteiger charge is -2.25. The Labute approximate surface area is 187 Å². The first-order chi connectivity index (χ1) is 15.2. The number of aromatic nitrogens is 3.